The number of hydrogen-bond acceptors (Lipinski definition) is 4. The topological polar surface area (TPSA) is 49.2 Å². The second kappa shape index (κ2) is 5.50. The minimum Gasteiger partial charge on any atom is -0.342 e. The Kier molecular flexibility index (Phi) is 3.69. The molecule has 7 heteroatoms. The first-order valence-electron chi connectivity index (χ1n) is 6.72. The van der Waals surface area contributed by atoms with Crippen LogP contribution in [0, 0.1) is 11.6 Å². The van der Waals surface area contributed by atoms with Crippen molar-refractivity contribution >= 4 is 0 Å². The zero-order chi connectivity index (χ0) is 14.9. The summed E-state index contributed by atoms with van der Waals surface area (Å²) in [5.74, 6) is -2.66. The zero-order valence-corrected chi connectivity index (χ0v) is 11.5. The molecule has 1 saturated heterocycles. The quantitative estimate of drug-likeness (QED) is 0.868. The Hall–Kier alpha value is -1.86. The fourth-order valence-corrected chi connectivity index (χ4v) is 2.40. The lowest BCUT2D eigenvalue weighted by molar-refractivity contribution is -0.190. The third-order valence-electron chi connectivity index (χ3n) is 3.49. The average molecular weight is 295 g/mol. The van der Waals surface area contributed by atoms with Gasteiger partial charge in [0.1, 0.15) is 30.8 Å². The lowest BCUT2D eigenvalue weighted by atomic mass is 10.0. The molecule has 2 atom stereocenters. The van der Waals surface area contributed by atoms with E-state index in [-0.39, 0.29) is 18.2 Å². The molecule has 1 aliphatic heterocycles. The standard InChI is InChI=1S/C14H15F2N3O2/c1-2-11-6-20-14(21-11,7-19-9-17-8-18-19)12-4-3-10(15)5-13(12)16/h3-5,8-9,11H,2,6-7H2,1H3/t11-,14?/m0/s1. The van der Waals surface area contributed by atoms with Gasteiger partial charge in [-0.3, -0.25) is 0 Å². The molecule has 1 aromatic heterocycles. The van der Waals surface area contributed by atoms with Gasteiger partial charge in [-0.2, -0.15) is 5.10 Å². The third kappa shape index (κ3) is 2.66. The van der Waals surface area contributed by atoms with E-state index in [1.165, 1.54) is 29.5 Å². The van der Waals surface area contributed by atoms with Crippen molar-refractivity contribution in [3.05, 3.63) is 48.1 Å². The van der Waals surface area contributed by atoms with Crippen LogP contribution in [-0.2, 0) is 21.8 Å². The monoisotopic (exact) mass is 295 g/mol. The molecule has 2 aromatic rings. The highest BCUT2D eigenvalue weighted by Crippen LogP contribution is 2.38. The predicted molar refractivity (Wildman–Crippen MR) is 69.2 cm³/mol. The molecule has 1 aliphatic rings. The van der Waals surface area contributed by atoms with Crippen LogP contribution in [-0.4, -0.2) is 27.5 Å². The highest BCUT2D eigenvalue weighted by atomic mass is 19.1. The van der Waals surface area contributed by atoms with E-state index in [0.29, 0.717) is 6.61 Å². The lowest BCUT2D eigenvalue weighted by Crippen LogP contribution is -2.35. The second-order valence-corrected chi connectivity index (χ2v) is 4.93. The molecule has 112 valence electrons. The highest BCUT2D eigenvalue weighted by Gasteiger charge is 2.45. The summed E-state index contributed by atoms with van der Waals surface area (Å²) in [6.45, 7) is 2.45. The predicted octanol–water partition coefficient (Wildman–Crippen LogP) is 2.23. The number of aromatic nitrogens is 3. The molecule has 1 aromatic carbocycles. The molecule has 0 saturated carbocycles. The Labute approximate surface area is 120 Å². The summed E-state index contributed by atoms with van der Waals surface area (Å²) >= 11 is 0. The molecular formula is C14H15F2N3O2. The van der Waals surface area contributed by atoms with Crippen molar-refractivity contribution in [3.8, 4) is 0 Å². The second-order valence-electron chi connectivity index (χ2n) is 4.93. The first-order valence-corrected chi connectivity index (χ1v) is 6.72. The maximum absolute atomic E-state index is 14.2. The molecule has 2 heterocycles. The molecule has 1 unspecified atom stereocenters. The van der Waals surface area contributed by atoms with Gasteiger partial charge in [0, 0.05) is 11.6 Å². The van der Waals surface area contributed by atoms with Gasteiger partial charge in [0.15, 0.2) is 0 Å². The Balaban J connectivity index is 1.99. The molecule has 0 spiro atoms. The first kappa shape index (κ1) is 14.1. The van der Waals surface area contributed by atoms with Crippen LogP contribution in [0.15, 0.2) is 30.9 Å². The van der Waals surface area contributed by atoms with Crippen LogP contribution >= 0.6 is 0 Å². The van der Waals surface area contributed by atoms with Gasteiger partial charge in [-0.25, -0.2) is 18.4 Å². The maximum atomic E-state index is 14.2. The van der Waals surface area contributed by atoms with Gasteiger partial charge in [0.25, 0.3) is 0 Å². The zero-order valence-electron chi connectivity index (χ0n) is 11.5. The van der Waals surface area contributed by atoms with Gasteiger partial charge >= 0.3 is 0 Å². The SMILES string of the molecule is CC[C@H]1COC(Cn2cncn2)(c2ccc(F)cc2F)O1. The van der Waals surface area contributed by atoms with E-state index in [9.17, 15) is 8.78 Å². The Morgan fingerprint density at radius 2 is 2.29 bits per heavy atom. The summed E-state index contributed by atoms with van der Waals surface area (Å²) in [5, 5.41) is 4.00. The lowest BCUT2D eigenvalue weighted by Gasteiger charge is -2.28. The molecule has 21 heavy (non-hydrogen) atoms. The van der Waals surface area contributed by atoms with Crippen LogP contribution in [0.1, 0.15) is 18.9 Å². The van der Waals surface area contributed by atoms with Gasteiger partial charge in [-0.1, -0.05) is 6.92 Å². The van der Waals surface area contributed by atoms with E-state index >= 15 is 0 Å². The Morgan fingerprint density at radius 3 is 2.90 bits per heavy atom. The van der Waals surface area contributed by atoms with Crippen molar-refractivity contribution in [1.82, 2.24) is 14.8 Å². The molecule has 0 aliphatic carbocycles. The molecule has 1 fully saturated rings. The normalized spacial score (nSPS) is 25.4. The van der Waals surface area contributed by atoms with E-state index in [1.54, 1.807) is 0 Å². The van der Waals surface area contributed by atoms with E-state index in [2.05, 4.69) is 10.1 Å². The van der Waals surface area contributed by atoms with Gasteiger partial charge in [0.05, 0.1) is 12.7 Å². The summed E-state index contributed by atoms with van der Waals surface area (Å²) in [4.78, 5) is 3.85. The van der Waals surface area contributed by atoms with Crippen molar-refractivity contribution in [2.24, 2.45) is 0 Å². The van der Waals surface area contributed by atoms with Crippen molar-refractivity contribution in [2.75, 3.05) is 6.61 Å². The molecule has 5 nitrogen and oxygen atoms in total. The minimum absolute atomic E-state index is 0.141. The summed E-state index contributed by atoms with van der Waals surface area (Å²) in [6, 6.07) is 3.36. The fraction of sp³-hybridized carbons (Fsp3) is 0.429. The molecular weight excluding hydrogens is 280 g/mol. The molecule has 3 rings (SSSR count). The van der Waals surface area contributed by atoms with Crippen LogP contribution in [0.25, 0.3) is 0 Å². The van der Waals surface area contributed by atoms with E-state index in [4.69, 9.17) is 9.47 Å². The first-order chi connectivity index (χ1) is 10.1. The highest BCUT2D eigenvalue weighted by molar-refractivity contribution is 5.24. The number of hydrogen-bond donors (Lipinski definition) is 0. The smallest absolute Gasteiger partial charge is 0.218 e. The molecule has 0 bridgehead atoms. The Bertz CT molecular complexity index is 621. The van der Waals surface area contributed by atoms with E-state index in [1.807, 2.05) is 6.92 Å². The van der Waals surface area contributed by atoms with Crippen LogP contribution in [0.4, 0.5) is 8.78 Å². The van der Waals surface area contributed by atoms with E-state index < -0.39 is 17.4 Å². The maximum Gasteiger partial charge on any atom is 0.218 e. The van der Waals surface area contributed by atoms with Gasteiger partial charge in [-0.15, -0.1) is 0 Å². The number of nitrogens with zero attached hydrogens (tertiary/aromatic N) is 3. The van der Waals surface area contributed by atoms with Crippen molar-refractivity contribution in [2.45, 2.75) is 31.8 Å². The van der Waals surface area contributed by atoms with Crippen LogP contribution < -0.4 is 0 Å². The van der Waals surface area contributed by atoms with Gasteiger partial charge < -0.3 is 9.47 Å². The average Bonchev–Trinajstić information content (AvgIpc) is 3.09. The van der Waals surface area contributed by atoms with Crippen LogP contribution in [0.3, 0.4) is 0 Å². The molecule has 0 amide bonds. The number of ether oxygens (including phenoxy) is 2. The summed E-state index contributed by atoms with van der Waals surface area (Å²) in [5.41, 5.74) is 0.162. The third-order valence-corrected chi connectivity index (χ3v) is 3.49. The van der Waals surface area contributed by atoms with Crippen molar-refractivity contribution in [3.63, 3.8) is 0 Å². The van der Waals surface area contributed by atoms with Crippen molar-refractivity contribution < 1.29 is 18.3 Å². The summed E-state index contributed by atoms with van der Waals surface area (Å²) in [6.07, 6.45) is 3.47. The number of benzene rings is 1. The fourth-order valence-electron chi connectivity index (χ4n) is 2.40. The van der Waals surface area contributed by atoms with Gasteiger partial charge in [-0.05, 0) is 18.6 Å². The van der Waals surface area contributed by atoms with Crippen molar-refractivity contribution in [1.29, 1.82) is 0 Å². The van der Waals surface area contributed by atoms with Crippen LogP contribution in [0.2, 0.25) is 0 Å². The number of rotatable bonds is 4. The number of halogens is 2. The summed E-state index contributed by atoms with van der Waals surface area (Å²) < 4.78 is 40.4. The molecule has 0 radical (unpaired) electrons. The van der Waals surface area contributed by atoms with Gasteiger partial charge in [0.2, 0.25) is 5.79 Å². The summed E-state index contributed by atoms with van der Waals surface area (Å²) in [7, 11) is 0. The van der Waals surface area contributed by atoms with E-state index in [0.717, 1.165) is 12.5 Å². The largest absolute Gasteiger partial charge is 0.342 e. The Morgan fingerprint density at radius 1 is 1.43 bits per heavy atom. The van der Waals surface area contributed by atoms with Crippen LogP contribution in [0.5, 0.6) is 0 Å². The minimum atomic E-state index is -1.31. The molecule has 0 N–H and O–H groups in total.